The van der Waals surface area contributed by atoms with Crippen LogP contribution in [0.2, 0.25) is 10.0 Å². The van der Waals surface area contributed by atoms with E-state index in [9.17, 15) is 18.0 Å². The average molecular weight is 467 g/mol. The number of aromatic amines is 1. The van der Waals surface area contributed by atoms with Crippen LogP contribution in [0.1, 0.15) is 5.69 Å². The third-order valence-corrected chi connectivity index (χ3v) is 5.06. The summed E-state index contributed by atoms with van der Waals surface area (Å²) in [5.74, 6) is -0.549. The van der Waals surface area contributed by atoms with Crippen LogP contribution in [0.15, 0.2) is 46.0 Å². The van der Waals surface area contributed by atoms with Gasteiger partial charge in [0.15, 0.2) is 11.5 Å². The Labute approximate surface area is 179 Å². The Morgan fingerprint density at radius 3 is 2.68 bits per heavy atom. The fraction of sp³-hybridized carbons (Fsp3) is 0.0556. The van der Waals surface area contributed by atoms with Gasteiger partial charge in [-0.1, -0.05) is 23.2 Å². The summed E-state index contributed by atoms with van der Waals surface area (Å²) >= 11 is 12.4. The van der Waals surface area contributed by atoms with Crippen molar-refractivity contribution in [1.29, 1.82) is 0 Å². The van der Waals surface area contributed by atoms with Crippen molar-refractivity contribution in [3.05, 3.63) is 62.9 Å². The van der Waals surface area contributed by atoms with E-state index >= 15 is 0 Å². The van der Waals surface area contributed by atoms with Crippen LogP contribution >= 0.6 is 23.2 Å². The van der Waals surface area contributed by atoms with Crippen molar-refractivity contribution in [2.45, 2.75) is 6.18 Å². The lowest BCUT2D eigenvalue weighted by Crippen LogP contribution is -2.09. The highest BCUT2D eigenvalue weighted by Crippen LogP contribution is 2.35. The number of imidazole rings is 1. The van der Waals surface area contributed by atoms with E-state index in [1.165, 1.54) is 30.7 Å². The van der Waals surface area contributed by atoms with Gasteiger partial charge in [0, 0.05) is 12.3 Å². The number of hydrogen-bond donors (Lipinski definition) is 1. The van der Waals surface area contributed by atoms with Gasteiger partial charge in [0.2, 0.25) is 5.89 Å². The number of halogens is 5. The molecule has 13 heteroatoms. The van der Waals surface area contributed by atoms with E-state index in [2.05, 4.69) is 25.0 Å². The van der Waals surface area contributed by atoms with Crippen molar-refractivity contribution in [1.82, 2.24) is 29.7 Å². The second-order valence-corrected chi connectivity index (χ2v) is 7.11. The Hall–Kier alpha value is -3.44. The van der Waals surface area contributed by atoms with Gasteiger partial charge in [-0.15, -0.1) is 0 Å². The topological polar surface area (TPSA) is 102 Å². The first kappa shape index (κ1) is 19.5. The average Bonchev–Trinajstić information content (AvgIpc) is 3.36. The highest BCUT2D eigenvalue weighted by atomic mass is 35.5. The van der Waals surface area contributed by atoms with Crippen LogP contribution < -0.4 is 5.63 Å². The van der Waals surface area contributed by atoms with Gasteiger partial charge < -0.3 is 9.40 Å². The van der Waals surface area contributed by atoms with Gasteiger partial charge in [-0.2, -0.15) is 18.3 Å². The van der Waals surface area contributed by atoms with Crippen molar-refractivity contribution < 1.29 is 17.6 Å². The maximum Gasteiger partial charge on any atom is 0.435 e. The smallest absolute Gasteiger partial charge is 0.401 e. The summed E-state index contributed by atoms with van der Waals surface area (Å²) in [6.07, 6.45) is -2.07. The predicted octanol–water partition coefficient (Wildman–Crippen LogP) is 4.64. The summed E-state index contributed by atoms with van der Waals surface area (Å²) in [5, 5.41) is 3.66. The van der Waals surface area contributed by atoms with Gasteiger partial charge in [0.05, 0.1) is 27.3 Å². The van der Waals surface area contributed by atoms with Gasteiger partial charge in [-0.25, -0.2) is 24.4 Å². The standard InChI is InChI=1S/C18H7Cl2F3N6O2/c19-8-2-1-3-24-15(8)29-10(5-11(28-29)18(21,22)23)16-27-13-7(17(30)31-16)4-9-14(12(13)20)26-6-25-9/h1-6H,(H,25,26). The number of nitrogens with zero attached hydrogens (tertiary/aromatic N) is 5. The fourth-order valence-electron chi connectivity index (χ4n) is 3.04. The zero-order chi connectivity index (χ0) is 21.9. The molecule has 0 radical (unpaired) electrons. The first-order valence-corrected chi connectivity index (χ1v) is 9.24. The molecule has 0 atom stereocenters. The van der Waals surface area contributed by atoms with Gasteiger partial charge in [-0.3, -0.25) is 0 Å². The second-order valence-electron chi connectivity index (χ2n) is 6.33. The Bertz CT molecular complexity index is 1540. The summed E-state index contributed by atoms with van der Waals surface area (Å²) in [5.41, 5.74) is -1.56. The molecule has 0 fully saturated rings. The van der Waals surface area contributed by atoms with E-state index in [0.29, 0.717) is 17.1 Å². The Morgan fingerprint density at radius 1 is 1.13 bits per heavy atom. The normalized spacial score (nSPS) is 12.2. The number of H-pyrrole nitrogens is 1. The van der Waals surface area contributed by atoms with E-state index in [4.69, 9.17) is 27.6 Å². The monoisotopic (exact) mass is 466 g/mol. The Balaban J connectivity index is 1.83. The lowest BCUT2D eigenvalue weighted by molar-refractivity contribution is -0.141. The summed E-state index contributed by atoms with van der Waals surface area (Å²) in [4.78, 5) is 27.7. The predicted molar refractivity (Wildman–Crippen MR) is 105 cm³/mol. The Kier molecular flexibility index (Phi) is 4.27. The van der Waals surface area contributed by atoms with Crippen molar-refractivity contribution in [3.8, 4) is 17.4 Å². The van der Waals surface area contributed by atoms with Gasteiger partial charge in [0.25, 0.3) is 0 Å². The molecule has 4 aromatic heterocycles. The van der Waals surface area contributed by atoms with Crippen LogP contribution in [0.5, 0.6) is 0 Å². The van der Waals surface area contributed by atoms with E-state index in [1.54, 1.807) is 0 Å². The van der Waals surface area contributed by atoms with Gasteiger partial charge >= 0.3 is 11.8 Å². The minimum Gasteiger partial charge on any atom is -0.401 e. The molecule has 4 heterocycles. The summed E-state index contributed by atoms with van der Waals surface area (Å²) in [6, 6.07) is 5.06. The molecule has 1 aromatic carbocycles. The van der Waals surface area contributed by atoms with Crippen LogP contribution in [0.25, 0.3) is 39.3 Å². The van der Waals surface area contributed by atoms with Crippen LogP contribution in [0.4, 0.5) is 13.2 Å². The molecule has 156 valence electrons. The van der Waals surface area contributed by atoms with Crippen LogP contribution in [-0.2, 0) is 6.18 Å². The molecule has 0 aliphatic carbocycles. The molecule has 8 nitrogen and oxygen atoms in total. The molecule has 0 aliphatic heterocycles. The van der Waals surface area contributed by atoms with Crippen molar-refractivity contribution in [2.24, 2.45) is 0 Å². The summed E-state index contributed by atoms with van der Waals surface area (Å²) in [6.45, 7) is 0. The van der Waals surface area contributed by atoms with Crippen LogP contribution in [0.3, 0.4) is 0 Å². The molecular weight excluding hydrogens is 460 g/mol. The number of hydrogen-bond acceptors (Lipinski definition) is 6. The number of pyridine rings is 1. The van der Waals surface area contributed by atoms with E-state index in [1.807, 2.05) is 0 Å². The maximum atomic E-state index is 13.4. The lowest BCUT2D eigenvalue weighted by Gasteiger charge is -2.08. The number of fused-ring (bicyclic) bond motifs is 2. The Morgan fingerprint density at radius 2 is 1.94 bits per heavy atom. The third kappa shape index (κ3) is 3.13. The molecule has 0 spiro atoms. The van der Waals surface area contributed by atoms with Crippen molar-refractivity contribution >= 4 is 45.1 Å². The molecule has 5 rings (SSSR count). The molecule has 0 unspecified atom stereocenters. The number of rotatable bonds is 2. The summed E-state index contributed by atoms with van der Waals surface area (Å²) < 4.78 is 46.2. The molecular formula is C18H7Cl2F3N6O2. The van der Waals surface area contributed by atoms with E-state index < -0.39 is 23.4 Å². The first-order chi connectivity index (χ1) is 14.7. The quantitative estimate of drug-likeness (QED) is 0.406. The largest absolute Gasteiger partial charge is 0.435 e. The number of nitrogens with one attached hydrogen (secondary N) is 1. The summed E-state index contributed by atoms with van der Waals surface area (Å²) in [7, 11) is 0. The highest BCUT2D eigenvalue weighted by molar-refractivity contribution is 6.39. The minimum atomic E-state index is -4.78. The molecule has 0 saturated heterocycles. The molecule has 0 amide bonds. The zero-order valence-electron chi connectivity index (χ0n) is 14.9. The van der Waals surface area contributed by atoms with Crippen molar-refractivity contribution in [2.75, 3.05) is 0 Å². The first-order valence-electron chi connectivity index (χ1n) is 8.49. The number of aromatic nitrogens is 6. The maximum absolute atomic E-state index is 13.4. The molecule has 1 N–H and O–H groups in total. The molecule has 0 aliphatic rings. The second kappa shape index (κ2) is 6.79. The number of alkyl halides is 3. The highest BCUT2D eigenvalue weighted by Gasteiger charge is 2.36. The van der Waals surface area contributed by atoms with Gasteiger partial charge in [0.1, 0.15) is 16.7 Å². The molecule has 0 saturated carbocycles. The number of benzene rings is 1. The minimum absolute atomic E-state index is 0.0148. The third-order valence-electron chi connectivity index (χ3n) is 4.41. The zero-order valence-corrected chi connectivity index (χ0v) is 16.4. The lowest BCUT2D eigenvalue weighted by atomic mass is 10.2. The van der Waals surface area contributed by atoms with Gasteiger partial charge in [-0.05, 0) is 18.2 Å². The van der Waals surface area contributed by atoms with Crippen LogP contribution in [-0.4, -0.2) is 29.7 Å². The van der Waals surface area contributed by atoms with E-state index in [-0.39, 0.29) is 32.5 Å². The molecule has 5 aromatic rings. The fourth-order valence-corrected chi connectivity index (χ4v) is 3.54. The van der Waals surface area contributed by atoms with Crippen molar-refractivity contribution in [3.63, 3.8) is 0 Å². The molecule has 31 heavy (non-hydrogen) atoms. The molecule has 0 bridgehead atoms. The van der Waals surface area contributed by atoms with Crippen LogP contribution in [0, 0.1) is 0 Å². The SMILES string of the molecule is O=c1oc(-c2cc(C(F)(F)F)nn2-c2ncccc2Cl)nc2c(Cl)c3nc[nH]c3cc12. The van der Waals surface area contributed by atoms with E-state index in [0.717, 1.165) is 4.68 Å².